The molecule has 6 heteroatoms. The maximum Gasteiger partial charge on any atom is 0.320 e. The van der Waals surface area contributed by atoms with Crippen molar-refractivity contribution in [1.82, 2.24) is 9.80 Å². The molecule has 2 aliphatic rings. The number of hydrogen-bond donors (Lipinski definition) is 1. The molecule has 2 unspecified atom stereocenters. The van der Waals surface area contributed by atoms with Gasteiger partial charge in [-0.2, -0.15) is 0 Å². The molecule has 2 rings (SSSR count). The Morgan fingerprint density at radius 1 is 1.47 bits per heavy atom. The van der Waals surface area contributed by atoms with Gasteiger partial charge in [0.25, 0.3) is 0 Å². The van der Waals surface area contributed by atoms with Gasteiger partial charge in [0, 0.05) is 6.04 Å². The summed E-state index contributed by atoms with van der Waals surface area (Å²) in [5.74, 6) is -1.40. The van der Waals surface area contributed by atoms with Crippen molar-refractivity contribution in [2.24, 2.45) is 0 Å². The van der Waals surface area contributed by atoms with Crippen LogP contribution in [-0.2, 0) is 14.4 Å². The van der Waals surface area contributed by atoms with E-state index in [0.29, 0.717) is 0 Å². The molecule has 1 heterocycles. The van der Waals surface area contributed by atoms with E-state index in [4.69, 9.17) is 5.11 Å². The van der Waals surface area contributed by atoms with Gasteiger partial charge in [-0.25, -0.2) is 0 Å². The molecule has 0 radical (unpaired) electrons. The molecule has 2 atom stereocenters. The number of rotatable bonds is 4. The minimum Gasteiger partial charge on any atom is -0.480 e. The van der Waals surface area contributed by atoms with E-state index in [0.717, 1.165) is 12.8 Å². The van der Waals surface area contributed by atoms with Crippen LogP contribution in [0.25, 0.3) is 0 Å². The van der Waals surface area contributed by atoms with Gasteiger partial charge in [-0.1, -0.05) is 0 Å². The van der Waals surface area contributed by atoms with Gasteiger partial charge < -0.3 is 5.11 Å². The predicted octanol–water partition coefficient (Wildman–Crippen LogP) is -0.319. The number of nitrogens with zero attached hydrogens (tertiary/aromatic N) is 2. The lowest BCUT2D eigenvalue weighted by Gasteiger charge is -2.26. The minimum atomic E-state index is -0.988. The van der Waals surface area contributed by atoms with E-state index >= 15 is 0 Å². The summed E-state index contributed by atoms with van der Waals surface area (Å²) >= 11 is 0. The lowest BCUT2D eigenvalue weighted by Crippen LogP contribution is -2.47. The zero-order valence-corrected chi connectivity index (χ0v) is 9.92. The van der Waals surface area contributed by atoms with Crippen molar-refractivity contribution in [2.45, 2.75) is 44.3 Å². The normalized spacial score (nSPS) is 26.8. The highest BCUT2D eigenvalue weighted by molar-refractivity contribution is 6.06. The van der Waals surface area contributed by atoms with Gasteiger partial charge in [-0.15, -0.1) is 0 Å². The van der Waals surface area contributed by atoms with Gasteiger partial charge in [0.2, 0.25) is 11.8 Å². The van der Waals surface area contributed by atoms with Gasteiger partial charge in [-0.3, -0.25) is 24.2 Å². The Morgan fingerprint density at radius 3 is 2.53 bits per heavy atom. The maximum atomic E-state index is 12.0. The molecule has 94 valence electrons. The van der Waals surface area contributed by atoms with Crippen LogP contribution in [0.5, 0.6) is 0 Å². The number of aliphatic carboxylic acids is 1. The fraction of sp³-hybridized carbons (Fsp3) is 0.727. The van der Waals surface area contributed by atoms with E-state index in [9.17, 15) is 14.4 Å². The number of likely N-dealkylation sites (tertiary alicyclic amines) is 1. The largest absolute Gasteiger partial charge is 0.480 e. The standard InChI is InChI=1S/C11H16N2O4/c1-6(11(16)17)12(2)8-5-9(14)13(10(8)15)7-3-4-7/h6-8H,3-5H2,1-2H3,(H,16,17). The van der Waals surface area contributed by atoms with E-state index < -0.39 is 18.1 Å². The Morgan fingerprint density at radius 2 is 2.06 bits per heavy atom. The first-order chi connectivity index (χ1) is 7.93. The van der Waals surface area contributed by atoms with Crippen molar-refractivity contribution in [2.75, 3.05) is 7.05 Å². The summed E-state index contributed by atoms with van der Waals surface area (Å²) in [4.78, 5) is 37.4. The predicted molar refractivity (Wildman–Crippen MR) is 58.1 cm³/mol. The van der Waals surface area contributed by atoms with Crippen LogP contribution in [0.1, 0.15) is 26.2 Å². The molecule has 0 bridgehead atoms. The average Bonchev–Trinajstić information content (AvgIpc) is 3.04. The molecule has 0 aromatic heterocycles. The first-order valence-electron chi connectivity index (χ1n) is 5.74. The van der Waals surface area contributed by atoms with Crippen LogP contribution >= 0.6 is 0 Å². The Labute approximate surface area is 99.2 Å². The van der Waals surface area contributed by atoms with Crippen LogP contribution in [0.3, 0.4) is 0 Å². The first-order valence-corrected chi connectivity index (χ1v) is 5.74. The topological polar surface area (TPSA) is 77.9 Å². The van der Waals surface area contributed by atoms with Crippen LogP contribution in [0.2, 0.25) is 0 Å². The van der Waals surface area contributed by atoms with Crippen LogP contribution < -0.4 is 0 Å². The molecule has 2 fully saturated rings. The number of imide groups is 1. The van der Waals surface area contributed by atoms with Gasteiger partial charge in [-0.05, 0) is 26.8 Å². The number of carboxylic acid groups (broad SMARTS) is 1. The van der Waals surface area contributed by atoms with Crippen molar-refractivity contribution in [1.29, 1.82) is 0 Å². The molecule has 1 aliphatic carbocycles. The summed E-state index contributed by atoms with van der Waals surface area (Å²) in [5.41, 5.74) is 0. The van der Waals surface area contributed by atoms with E-state index in [1.807, 2.05) is 0 Å². The third-order valence-corrected chi connectivity index (χ3v) is 3.53. The smallest absolute Gasteiger partial charge is 0.320 e. The van der Waals surface area contributed by atoms with Crippen molar-refractivity contribution >= 4 is 17.8 Å². The van der Waals surface area contributed by atoms with Gasteiger partial charge >= 0.3 is 5.97 Å². The molecular weight excluding hydrogens is 224 g/mol. The van der Waals surface area contributed by atoms with E-state index in [1.54, 1.807) is 7.05 Å². The lowest BCUT2D eigenvalue weighted by atomic mass is 10.1. The van der Waals surface area contributed by atoms with Crippen LogP contribution in [0.15, 0.2) is 0 Å². The molecule has 6 nitrogen and oxygen atoms in total. The molecule has 0 aromatic carbocycles. The highest BCUT2D eigenvalue weighted by Gasteiger charge is 2.48. The Hall–Kier alpha value is -1.43. The van der Waals surface area contributed by atoms with Crippen LogP contribution in [0.4, 0.5) is 0 Å². The van der Waals surface area contributed by atoms with E-state index in [1.165, 1.54) is 16.7 Å². The number of carbonyl (C=O) groups excluding carboxylic acids is 2. The second-order valence-electron chi connectivity index (χ2n) is 4.73. The van der Waals surface area contributed by atoms with Crippen molar-refractivity contribution < 1.29 is 19.5 Å². The lowest BCUT2D eigenvalue weighted by molar-refractivity contribution is -0.144. The third kappa shape index (κ3) is 2.04. The van der Waals surface area contributed by atoms with E-state index in [2.05, 4.69) is 0 Å². The first kappa shape index (κ1) is 12.0. The number of hydrogen-bond acceptors (Lipinski definition) is 4. The SMILES string of the molecule is CC(C(=O)O)N(C)C1CC(=O)N(C2CC2)C1=O. The zero-order valence-electron chi connectivity index (χ0n) is 9.92. The second kappa shape index (κ2) is 4.10. The quantitative estimate of drug-likeness (QED) is 0.681. The Balaban J connectivity index is 2.10. The van der Waals surface area contributed by atoms with Crippen LogP contribution in [-0.4, -0.2) is 57.9 Å². The average molecular weight is 240 g/mol. The van der Waals surface area contributed by atoms with Gasteiger partial charge in [0.15, 0.2) is 0 Å². The molecule has 0 spiro atoms. The van der Waals surface area contributed by atoms with E-state index in [-0.39, 0.29) is 24.3 Å². The fourth-order valence-corrected chi connectivity index (χ4v) is 2.11. The molecule has 1 saturated carbocycles. The number of carboxylic acids is 1. The molecular formula is C11H16N2O4. The molecule has 1 N–H and O–H groups in total. The second-order valence-corrected chi connectivity index (χ2v) is 4.73. The summed E-state index contributed by atoms with van der Waals surface area (Å²) in [6, 6.07) is -1.32. The minimum absolute atomic E-state index is 0.0635. The molecule has 1 aliphatic heterocycles. The summed E-state index contributed by atoms with van der Waals surface area (Å²) < 4.78 is 0. The highest BCUT2D eigenvalue weighted by atomic mass is 16.4. The molecule has 0 aromatic rings. The van der Waals surface area contributed by atoms with Crippen LogP contribution in [0, 0.1) is 0 Å². The third-order valence-electron chi connectivity index (χ3n) is 3.53. The van der Waals surface area contributed by atoms with Crippen molar-refractivity contribution in [3.05, 3.63) is 0 Å². The highest BCUT2D eigenvalue weighted by Crippen LogP contribution is 2.32. The molecule has 2 amide bonds. The molecule has 1 saturated heterocycles. The Kier molecular flexibility index (Phi) is 2.91. The number of likely N-dealkylation sites (N-methyl/N-ethyl adjacent to an activating group) is 1. The number of carbonyl (C=O) groups is 3. The summed E-state index contributed by atoms with van der Waals surface area (Å²) in [7, 11) is 1.57. The monoisotopic (exact) mass is 240 g/mol. The molecule has 17 heavy (non-hydrogen) atoms. The summed E-state index contributed by atoms with van der Waals surface area (Å²) in [6.45, 7) is 1.51. The summed E-state index contributed by atoms with van der Waals surface area (Å²) in [5, 5.41) is 8.90. The van der Waals surface area contributed by atoms with Crippen molar-refractivity contribution in [3.8, 4) is 0 Å². The maximum absolute atomic E-state index is 12.0. The Bertz CT molecular complexity index is 378. The van der Waals surface area contributed by atoms with Gasteiger partial charge in [0.05, 0.1) is 12.5 Å². The summed E-state index contributed by atoms with van der Waals surface area (Å²) in [6.07, 6.45) is 1.86. The fourth-order valence-electron chi connectivity index (χ4n) is 2.11. The number of amides is 2. The van der Waals surface area contributed by atoms with Gasteiger partial charge in [0.1, 0.15) is 6.04 Å². The zero-order chi connectivity index (χ0) is 12.7. The van der Waals surface area contributed by atoms with Crippen molar-refractivity contribution in [3.63, 3.8) is 0 Å².